The van der Waals surface area contributed by atoms with Crippen LogP contribution in [0.25, 0.3) is 0 Å². The van der Waals surface area contributed by atoms with Crippen LogP contribution in [0.3, 0.4) is 0 Å². The van der Waals surface area contributed by atoms with Gasteiger partial charge in [0.1, 0.15) is 6.04 Å². The van der Waals surface area contributed by atoms with Gasteiger partial charge >= 0.3 is 0 Å². The van der Waals surface area contributed by atoms with Gasteiger partial charge in [0.15, 0.2) is 0 Å². The minimum absolute atomic E-state index is 0.188. The van der Waals surface area contributed by atoms with E-state index in [1.165, 1.54) is 19.3 Å². The molecule has 1 aromatic carbocycles. The molecule has 152 valence electrons. The van der Waals surface area contributed by atoms with Crippen molar-refractivity contribution in [2.24, 2.45) is 5.92 Å². The molecule has 3 amide bonds. The standard InChI is InChI=1S/C22H31N3O3/c1-16(2)15-19(20(26)23-11-8-14-24-12-6-3-7-13-24)25-21(27)17-9-4-5-10-18(17)22(25)28/h4-5,9-10,16,19H,3,6-8,11-15H2,1-2H3,(H,23,26). The molecule has 1 saturated heterocycles. The first kappa shape index (κ1) is 20.5. The van der Waals surface area contributed by atoms with Gasteiger partial charge in [0.25, 0.3) is 11.8 Å². The van der Waals surface area contributed by atoms with Crippen molar-refractivity contribution in [2.75, 3.05) is 26.2 Å². The highest BCUT2D eigenvalue weighted by Crippen LogP contribution is 2.27. The van der Waals surface area contributed by atoms with Crippen molar-refractivity contribution in [3.8, 4) is 0 Å². The fourth-order valence-electron chi connectivity index (χ4n) is 4.08. The maximum Gasteiger partial charge on any atom is 0.262 e. The molecule has 3 rings (SSSR count). The smallest absolute Gasteiger partial charge is 0.262 e. The summed E-state index contributed by atoms with van der Waals surface area (Å²) in [6.07, 6.45) is 5.15. The summed E-state index contributed by atoms with van der Waals surface area (Å²) in [5.74, 6) is -0.778. The normalized spacial score (nSPS) is 18.5. The SMILES string of the molecule is CC(C)CC(C(=O)NCCCN1CCCCC1)N1C(=O)c2ccccc2C1=O. The Hall–Kier alpha value is -2.21. The number of rotatable bonds is 8. The zero-order valence-corrected chi connectivity index (χ0v) is 16.9. The number of carbonyl (C=O) groups excluding carboxylic acids is 3. The lowest BCUT2D eigenvalue weighted by Crippen LogP contribution is -2.50. The van der Waals surface area contributed by atoms with Crippen LogP contribution in [-0.4, -0.2) is 59.7 Å². The highest BCUT2D eigenvalue weighted by molar-refractivity contribution is 6.22. The minimum Gasteiger partial charge on any atom is -0.354 e. The van der Waals surface area contributed by atoms with Crippen LogP contribution < -0.4 is 5.32 Å². The van der Waals surface area contributed by atoms with Crippen molar-refractivity contribution in [3.63, 3.8) is 0 Å². The van der Waals surface area contributed by atoms with E-state index in [0.29, 0.717) is 24.1 Å². The van der Waals surface area contributed by atoms with E-state index >= 15 is 0 Å². The van der Waals surface area contributed by atoms with Gasteiger partial charge in [-0.1, -0.05) is 32.4 Å². The zero-order valence-electron chi connectivity index (χ0n) is 16.9. The number of nitrogens with zero attached hydrogens (tertiary/aromatic N) is 2. The molecule has 2 aliphatic rings. The van der Waals surface area contributed by atoms with Crippen molar-refractivity contribution in [2.45, 2.75) is 52.0 Å². The van der Waals surface area contributed by atoms with E-state index in [-0.39, 0.29) is 23.6 Å². The molecule has 28 heavy (non-hydrogen) atoms. The van der Waals surface area contributed by atoms with Crippen molar-refractivity contribution in [3.05, 3.63) is 35.4 Å². The van der Waals surface area contributed by atoms with E-state index in [1.807, 2.05) is 13.8 Å². The quantitative estimate of drug-likeness (QED) is 0.552. The molecular formula is C22H31N3O3. The number of carbonyl (C=O) groups is 3. The molecule has 1 aromatic rings. The third kappa shape index (κ3) is 4.61. The van der Waals surface area contributed by atoms with Crippen LogP contribution in [0.4, 0.5) is 0 Å². The van der Waals surface area contributed by atoms with E-state index in [9.17, 15) is 14.4 Å². The van der Waals surface area contributed by atoms with Gasteiger partial charge in [0.2, 0.25) is 5.91 Å². The summed E-state index contributed by atoms with van der Waals surface area (Å²) in [4.78, 5) is 42.1. The number of benzene rings is 1. The maximum absolute atomic E-state index is 12.9. The van der Waals surface area contributed by atoms with Crippen LogP contribution in [0, 0.1) is 5.92 Å². The first-order valence-corrected chi connectivity index (χ1v) is 10.5. The summed E-state index contributed by atoms with van der Waals surface area (Å²) >= 11 is 0. The maximum atomic E-state index is 12.9. The molecule has 2 heterocycles. The molecule has 1 fully saturated rings. The number of amides is 3. The van der Waals surface area contributed by atoms with E-state index in [2.05, 4.69) is 10.2 Å². The second-order valence-electron chi connectivity index (χ2n) is 8.22. The van der Waals surface area contributed by atoms with Crippen LogP contribution in [0.5, 0.6) is 0 Å². The molecule has 6 heteroatoms. The number of likely N-dealkylation sites (tertiary alicyclic amines) is 1. The van der Waals surface area contributed by atoms with E-state index < -0.39 is 6.04 Å². The average molecular weight is 386 g/mol. The van der Waals surface area contributed by atoms with Crippen molar-refractivity contribution >= 4 is 17.7 Å². The molecule has 1 atom stereocenters. The Morgan fingerprint density at radius 1 is 1.04 bits per heavy atom. The number of hydrogen-bond acceptors (Lipinski definition) is 4. The minimum atomic E-state index is -0.762. The number of imide groups is 1. The van der Waals surface area contributed by atoms with Crippen LogP contribution >= 0.6 is 0 Å². The summed E-state index contributed by atoms with van der Waals surface area (Å²) in [5.41, 5.74) is 0.776. The molecule has 6 nitrogen and oxygen atoms in total. The van der Waals surface area contributed by atoms with Crippen molar-refractivity contribution < 1.29 is 14.4 Å². The van der Waals surface area contributed by atoms with Crippen molar-refractivity contribution in [1.29, 1.82) is 0 Å². The monoisotopic (exact) mass is 385 g/mol. The van der Waals surface area contributed by atoms with Gasteiger partial charge in [-0.2, -0.15) is 0 Å². The third-order valence-electron chi connectivity index (χ3n) is 5.53. The lowest BCUT2D eigenvalue weighted by atomic mass is 10.0. The largest absolute Gasteiger partial charge is 0.354 e. The molecule has 0 saturated carbocycles. The summed E-state index contributed by atoms with van der Waals surface area (Å²) in [6, 6.07) is 6.02. The van der Waals surface area contributed by atoms with Gasteiger partial charge in [-0.15, -0.1) is 0 Å². The van der Waals surface area contributed by atoms with Gasteiger partial charge in [0, 0.05) is 6.54 Å². The van der Waals surface area contributed by atoms with Gasteiger partial charge in [-0.3, -0.25) is 19.3 Å². The van der Waals surface area contributed by atoms with E-state index in [1.54, 1.807) is 24.3 Å². The predicted octanol–water partition coefficient (Wildman–Crippen LogP) is 2.69. The third-order valence-corrected chi connectivity index (χ3v) is 5.53. The van der Waals surface area contributed by atoms with Gasteiger partial charge in [0.05, 0.1) is 11.1 Å². The molecular weight excluding hydrogens is 354 g/mol. The Labute approximate surface area is 167 Å². The van der Waals surface area contributed by atoms with E-state index in [0.717, 1.165) is 31.0 Å². The highest BCUT2D eigenvalue weighted by Gasteiger charge is 2.42. The molecule has 0 radical (unpaired) electrons. The molecule has 1 unspecified atom stereocenters. The van der Waals surface area contributed by atoms with Crippen LogP contribution in [-0.2, 0) is 4.79 Å². The van der Waals surface area contributed by atoms with Crippen molar-refractivity contribution in [1.82, 2.24) is 15.1 Å². The zero-order chi connectivity index (χ0) is 20.1. The first-order chi connectivity index (χ1) is 13.5. The fourth-order valence-corrected chi connectivity index (χ4v) is 4.08. The first-order valence-electron chi connectivity index (χ1n) is 10.5. The van der Waals surface area contributed by atoms with E-state index in [4.69, 9.17) is 0 Å². The number of fused-ring (bicyclic) bond motifs is 1. The topological polar surface area (TPSA) is 69.7 Å². The molecule has 0 aliphatic carbocycles. The fraction of sp³-hybridized carbons (Fsp3) is 0.591. The van der Waals surface area contributed by atoms with Crippen LogP contribution in [0.15, 0.2) is 24.3 Å². The molecule has 0 aromatic heterocycles. The Morgan fingerprint density at radius 3 is 2.21 bits per heavy atom. The Morgan fingerprint density at radius 2 is 1.64 bits per heavy atom. The molecule has 0 spiro atoms. The summed E-state index contributed by atoms with van der Waals surface area (Å²) in [6.45, 7) is 7.80. The molecule has 1 N–H and O–H groups in total. The number of hydrogen-bond donors (Lipinski definition) is 1. The van der Waals surface area contributed by atoms with Crippen LogP contribution in [0.2, 0.25) is 0 Å². The van der Waals surface area contributed by atoms with Gasteiger partial charge < -0.3 is 10.2 Å². The Balaban J connectivity index is 1.61. The van der Waals surface area contributed by atoms with Crippen LogP contribution in [0.1, 0.15) is 66.7 Å². The number of nitrogens with one attached hydrogen (secondary N) is 1. The second kappa shape index (κ2) is 9.32. The average Bonchev–Trinajstić information content (AvgIpc) is 2.95. The lowest BCUT2D eigenvalue weighted by Gasteiger charge is -2.28. The van der Waals surface area contributed by atoms with Gasteiger partial charge in [-0.05, 0) is 63.4 Å². The Kier molecular flexibility index (Phi) is 6.83. The lowest BCUT2D eigenvalue weighted by molar-refractivity contribution is -0.125. The second-order valence-corrected chi connectivity index (χ2v) is 8.22. The highest BCUT2D eigenvalue weighted by atomic mass is 16.2. The van der Waals surface area contributed by atoms with Gasteiger partial charge in [-0.25, -0.2) is 0 Å². The molecule has 2 aliphatic heterocycles. The predicted molar refractivity (Wildman–Crippen MR) is 108 cm³/mol. The number of piperidine rings is 1. The summed E-state index contributed by atoms with van der Waals surface area (Å²) in [7, 11) is 0. The summed E-state index contributed by atoms with van der Waals surface area (Å²) < 4.78 is 0. The summed E-state index contributed by atoms with van der Waals surface area (Å²) in [5, 5.41) is 2.96. The molecule has 0 bridgehead atoms. The Bertz CT molecular complexity index is 690.